The van der Waals surface area contributed by atoms with E-state index >= 15 is 0 Å². The molecule has 6 heteroatoms. The molecule has 1 aromatic rings. The fourth-order valence-electron chi connectivity index (χ4n) is 1.44. The summed E-state index contributed by atoms with van der Waals surface area (Å²) in [6.45, 7) is 0.669. The molecule has 16 heavy (non-hydrogen) atoms. The molecule has 1 aromatic carbocycles. The van der Waals surface area contributed by atoms with Crippen LogP contribution in [0.3, 0.4) is 0 Å². The van der Waals surface area contributed by atoms with Crippen LogP contribution in [0, 0.1) is 5.82 Å². The van der Waals surface area contributed by atoms with Crippen LogP contribution in [0.15, 0.2) is 6.07 Å². The van der Waals surface area contributed by atoms with Gasteiger partial charge in [0.1, 0.15) is 5.56 Å². The van der Waals surface area contributed by atoms with Gasteiger partial charge < -0.3 is 14.6 Å². The Morgan fingerprint density at radius 1 is 1.44 bits per heavy atom. The Hall–Kier alpha value is -1.49. The molecule has 0 fully saturated rings. The van der Waals surface area contributed by atoms with Gasteiger partial charge in [-0.1, -0.05) is 11.6 Å². The third-order valence-corrected chi connectivity index (χ3v) is 2.42. The zero-order valence-corrected chi connectivity index (χ0v) is 8.88. The van der Waals surface area contributed by atoms with Gasteiger partial charge in [-0.15, -0.1) is 0 Å². The van der Waals surface area contributed by atoms with E-state index in [1.807, 2.05) is 0 Å². The largest absolute Gasteiger partial charge is 0.489 e. The lowest BCUT2D eigenvalue weighted by Crippen LogP contribution is -2.06. The normalized spacial score (nSPS) is 14.4. The van der Waals surface area contributed by atoms with E-state index in [0.717, 1.165) is 0 Å². The van der Waals surface area contributed by atoms with Crippen molar-refractivity contribution >= 4 is 17.6 Å². The van der Waals surface area contributed by atoms with E-state index < -0.39 is 17.3 Å². The third-order valence-electron chi connectivity index (χ3n) is 2.14. The first kappa shape index (κ1) is 11.0. The Bertz CT molecular complexity index is 447. The van der Waals surface area contributed by atoms with E-state index in [2.05, 4.69) is 0 Å². The van der Waals surface area contributed by atoms with E-state index in [-0.39, 0.29) is 23.1 Å². The molecule has 0 aromatic heterocycles. The summed E-state index contributed by atoms with van der Waals surface area (Å²) < 4.78 is 23.9. The van der Waals surface area contributed by atoms with Crippen LogP contribution in [-0.2, 0) is 0 Å². The van der Waals surface area contributed by atoms with Crippen molar-refractivity contribution in [2.75, 3.05) is 13.2 Å². The smallest absolute Gasteiger partial charge is 0.342 e. The number of ether oxygens (including phenoxy) is 2. The van der Waals surface area contributed by atoms with E-state index in [1.54, 1.807) is 0 Å². The number of fused-ring (bicyclic) bond motifs is 1. The van der Waals surface area contributed by atoms with Gasteiger partial charge in [-0.25, -0.2) is 9.18 Å². The predicted octanol–water partition coefficient (Wildman–Crippen LogP) is 2.34. The van der Waals surface area contributed by atoms with Crippen molar-refractivity contribution in [2.24, 2.45) is 0 Å². The number of benzene rings is 1. The maximum atomic E-state index is 13.5. The van der Waals surface area contributed by atoms with Gasteiger partial charge in [-0.05, 0) is 0 Å². The van der Waals surface area contributed by atoms with Crippen LogP contribution >= 0.6 is 11.6 Å². The second-order valence-electron chi connectivity index (χ2n) is 3.23. The van der Waals surface area contributed by atoms with Gasteiger partial charge in [0.2, 0.25) is 0 Å². The summed E-state index contributed by atoms with van der Waals surface area (Å²) in [5.41, 5.74) is -0.579. The molecule has 0 spiro atoms. The molecule has 1 heterocycles. The Morgan fingerprint density at radius 2 is 2.12 bits per heavy atom. The zero-order valence-electron chi connectivity index (χ0n) is 8.13. The SMILES string of the molecule is O=C(O)c1c(F)c(Cl)cc2c1OCCCO2. The minimum Gasteiger partial charge on any atom is -0.489 e. The van der Waals surface area contributed by atoms with Gasteiger partial charge in [0, 0.05) is 12.5 Å². The number of rotatable bonds is 1. The van der Waals surface area contributed by atoms with Gasteiger partial charge in [0.15, 0.2) is 17.3 Å². The highest BCUT2D eigenvalue weighted by Crippen LogP contribution is 2.38. The molecule has 0 amide bonds. The quantitative estimate of drug-likeness (QED) is 0.826. The molecule has 86 valence electrons. The summed E-state index contributed by atoms with van der Waals surface area (Å²) in [4.78, 5) is 10.9. The van der Waals surface area contributed by atoms with Gasteiger partial charge in [0.05, 0.1) is 18.2 Å². The highest BCUT2D eigenvalue weighted by atomic mass is 35.5. The molecule has 0 radical (unpaired) electrons. The molecule has 2 rings (SSSR count). The van der Waals surface area contributed by atoms with Crippen LogP contribution in [0.1, 0.15) is 16.8 Å². The molecular weight excluding hydrogens is 239 g/mol. The van der Waals surface area contributed by atoms with Crippen molar-refractivity contribution in [3.63, 3.8) is 0 Å². The average Bonchev–Trinajstić information content (AvgIpc) is 2.44. The summed E-state index contributed by atoms with van der Waals surface area (Å²) in [6.07, 6.45) is 0.604. The molecular formula is C10H8ClFO4. The van der Waals surface area contributed by atoms with Crippen LogP contribution in [0.2, 0.25) is 5.02 Å². The van der Waals surface area contributed by atoms with Gasteiger partial charge >= 0.3 is 5.97 Å². The lowest BCUT2D eigenvalue weighted by atomic mass is 10.1. The van der Waals surface area contributed by atoms with Crippen LogP contribution in [-0.4, -0.2) is 24.3 Å². The zero-order chi connectivity index (χ0) is 11.7. The molecule has 1 aliphatic rings. The van der Waals surface area contributed by atoms with E-state index in [1.165, 1.54) is 6.07 Å². The minimum atomic E-state index is -1.43. The molecule has 0 aliphatic carbocycles. The molecule has 1 N–H and O–H groups in total. The van der Waals surface area contributed by atoms with Crippen LogP contribution in [0.4, 0.5) is 4.39 Å². The molecule has 4 nitrogen and oxygen atoms in total. The average molecular weight is 247 g/mol. The highest BCUT2D eigenvalue weighted by Gasteiger charge is 2.26. The molecule has 1 aliphatic heterocycles. The lowest BCUT2D eigenvalue weighted by Gasteiger charge is -2.11. The maximum Gasteiger partial charge on any atom is 0.342 e. The van der Waals surface area contributed by atoms with Crippen LogP contribution < -0.4 is 9.47 Å². The Morgan fingerprint density at radius 3 is 2.81 bits per heavy atom. The predicted molar refractivity (Wildman–Crippen MR) is 54.0 cm³/mol. The first-order chi connectivity index (χ1) is 7.61. The topological polar surface area (TPSA) is 55.8 Å². The summed E-state index contributed by atoms with van der Waals surface area (Å²) in [6, 6.07) is 1.23. The van der Waals surface area contributed by atoms with Crippen molar-refractivity contribution in [3.8, 4) is 11.5 Å². The number of carbonyl (C=O) groups is 1. The Balaban J connectivity index is 2.65. The van der Waals surface area contributed by atoms with E-state index in [4.69, 9.17) is 26.2 Å². The summed E-state index contributed by atoms with van der Waals surface area (Å²) in [5, 5.41) is 8.61. The van der Waals surface area contributed by atoms with Crippen molar-refractivity contribution in [1.29, 1.82) is 0 Å². The number of carboxylic acids is 1. The summed E-state index contributed by atoms with van der Waals surface area (Å²) in [5.74, 6) is -2.35. The standard InChI is InChI=1S/C10H8ClFO4/c11-5-4-6-9(16-3-1-2-15-6)7(8(5)12)10(13)14/h4H,1-3H2,(H,13,14). The fraction of sp³-hybridized carbons (Fsp3) is 0.300. The minimum absolute atomic E-state index is 0.0908. The number of halogens is 2. The van der Waals surface area contributed by atoms with E-state index in [0.29, 0.717) is 13.0 Å². The van der Waals surface area contributed by atoms with Gasteiger partial charge in [-0.2, -0.15) is 0 Å². The Kier molecular flexibility index (Phi) is 2.87. The van der Waals surface area contributed by atoms with E-state index in [9.17, 15) is 9.18 Å². The molecule has 0 atom stereocenters. The fourth-order valence-corrected chi connectivity index (χ4v) is 1.64. The molecule has 0 bridgehead atoms. The number of hydrogen-bond donors (Lipinski definition) is 1. The van der Waals surface area contributed by atoms with Gasteiger partial charge in [0.25, 0.3) is 0 Å². The molecule has 0 unspecified atom stereocenters. The lowest BCUT2D eigenvalue weighted by molar-refractivity contribution is 0.0686. The van der Waals surface area contributed by atoms with Crippen molar-refractivity contribution in [1.82, 2.24) is 0 Å². The monoisotopic (exact) mass is 246 g/mol. The maximum absolute atomic E-state index is 13.5. The van der Waals surface area contributed by atoms with Crippen molar-refractivity contribution in [2.45, 2.75) is 6.42 Å². The molecule has 0 saturated heterocycles. The van der Waals surface area contributed by atoms with Gasteiger partial charge in [-0.3, -0.25) is 0 Å². The summed E-state index contributed by atoms with van der Waals surface area (Å²) in [7, 11) is 0. The number of aromatic carboxylic acids is 1. The Labute approximate surface area is 95.5 Å². The van der Waals surface area contributed by atoms with Crippen molar-refractivity contribution in [3.05, 3.63) is 22.5 Å². The van der Waals surface area contributed by atoms with Crippen molar-refractivity contribution < 1.29 is 23.8 Å². The molecule has 0 saturated carbocycles. The van der Waals surface area contributed by atoms with Crippen LogP contribution in [0.5, 0.6) is 11.5 Å². The number of hydrogen-bond acceptors (Lipinski definition) is 3. The van der Waals surface area contributed by atoms with Crippen LogP contribution in [0.25, 0.3) is 0 Å². The summed E-state index contributed by atoms with van der Waals surface area (Å²) >= 11 is 5.57. The second kappa shape index (κ2) is 4.17. The number of carboxylic acid groups (broad SMARTS) is 1. The first-order valence-electron chi connectivity index (χ1n) is 4.62. The second-order valence-corrected chi connectivity index (χ2v) is 3.64. The highest BCUT2D eigenvalue weighted by molar-refractivity contribution is 6.31. The first-order valence-corrected chi connectivity index (χ1v) is 5.00. The third kappa shape index (κ3) is 1.78.